The van der Waals surface area contributed by atoms with Crippen molar-refractivity contribution in [2.24, 2.45) is 0 Å². The molecule has 1 heterocycles. The third-order valence-electron chi connectivity index (χ3n) is 3.27. The van der Waals surface area contributed by atoms with E-state index >= 15 is 0 Å². The van der Waals surface area contributed by atoms with Crippen LogP contribution in [0.1, 0.15) is 17.4 Å². The Kier molecular flexibility index (Phi) is 5.87. The molecule has 1 fully saturated rings. The zero-order chi connectivity index (χ0) is 15.9. The highest BCUT2D eigenvalue weighted by Crippen LogP contribution is 2.41. The molecular weight excluding hydrogens is 302 g/mol. The molecule has 0 saturated carbocycles. The smallest absolute Gasteiger partial charge is 0.327 e. The van der Waals surface area contributed by atoms with Gasteiger partial charge in [0.25, 0.3) is 5.91 Å². The lowest BCUT2D eigenvalue weighted by Gasteiger charge is -2.27. The van der Waals surface area contributed by atoms with E-state index in [9.17, 15) is 14.7 Å². The van der Waals surface area contributed by atoms with Crippen LogP contribution in [0.25, 0.3) is 0 Å². The fourth-order valence-corrected chi connectivity index (χ4v) is 3.68. The second kappa shape index (κ2) is 7.87. The molecule has 0 radical (unpaired) electrons. The van der Waals surface area contributed by atoms with E-state index in [-0.39, 0.29) is 24.5 Å². The summed E-state index contributed by atoms with van der Waals surface area (Å²) in [4.78, 5) is 25.2. The van der Waals surface area contributed by atoms with Crippen LogP contribution in [-0.4, -0.2) is 46.9 Å². The Morgan fingerprint density at radius 3 is 2.77 bits per heavy atom. The van der Waals surface area contributed by atoms with Crippen LogP contribution >= 0.6 is 11.8 Å². The van der Waals surface area contributed by atoms with Crippen molar-refractivity contribution < 1.29 is 19.4 Å². The number of terminal acetylenes is 1. The van der Waals surface area contributed by atoms with Crippen LogP contribution < -0.4 is 0 Å². The summed E-state index contributed by atoms with van der Waals surface area (Å²) in [5, 5.41) is 9.03. The zero-order valence-corrected chi connectivity index (χ0v) is 12.8. The van der Waals surface area contributed by atoms with Gasteiger partial charge >= 0.3 is 5.97 Å². The number of carbonyl (C=O) groups excluding carboxylic acids is 1. The first kappa shape index (κ1) is 16.4. The largest absolute Gasteiger partial charge is 0.480 e. The first-order chi connectivity index (χ1) is 10.6. The maximum absolute atomic E-state index is 12.4. The quantitative estimate of drug-likeness (QED) is 0.639. The van der Waals surface area contributed by atoms with Gasteiger partial charge in [0.2, 0.25) is 0 Å². The third kappa shape index (κ3) is 3.81. The van der Waals surface area contributed by atoms with Gasteiger partial charge in [-0.2, -0.15) is 0 Å². The van der Waals surface area contributed by atoms with Crippen molar-refractivity contribution in [3.8, 4) is 12.3 Å². The Morgan fingerprint density at radius 2 is 2.14 bits per heavy atom. The minimum absolute atomic E-state index is 0.157. The lowest BCUT2D eigenvalue weighted by molar-refractivity contribution is -0.151. The molecule has 0 aliphatic carbocycles. The lowest BCUT2D eigenvalue weighted by atomic mass is 10.1. The highest BCUT2D eigenvalue weighted by molar-refractivity contribution is 7.99. The lowest BCUT2D eigenvalue weighted by Crippen LogP contribution is -2.44. The van der Waals surface area contributed by atoms with Crippen molar-refractivity contribution >= 4 is 23.6 Å². The molecule has 0 spiro atoms. The fraction of sp³-hybridized carbons (Fsp3) is 0.375. The van der Waals surface area contributed by atoms with Gasteiger partial charge in [0.05, 0.1) is 6.61 Å². The standard InChI is InChI=1S/C16H17NO4S/c1-2-3-9-21-10-14(18)17-13(16(19)20)11-22-15(17)12-7-5-4-6-8-12/h1,4-8,13,15H,3,9-11H2,(H,19,20)/t13-,15+/m0/s1. The molecule has 1 N–H and O–H groups in total. The second-order valence-corrected chi connectivity index (χ2v) is 5.87. The van der Waals surface area contributed by atoms with E-state index in [2.05, 4.69) is 5.92 Å². The van der Waals surface area contributed by atoms with Gasteiger partial charge in [-0.05, 0) is 5.56 Å². The third-order valence-corrected chi connectivity index (χ3v) is 4.60. The fourth-order valence-electron chi connectivity index (χ4n) is 2.24. The van der Waals surface area contributed by atoms with E-state index in [0.29, 0.717) is 12.2 Å². The van der Waals surface area contributed by atoms with Crippen LogP contribution in [0.3, 0.4) is 0 Å². The number of carboxylic acid groups (broad SMARTS) is 1. The van der Waals surface area contributed by atoms with Gasteiger partial charge in [0.15, 0.2) is 0 Å². The van der Waals surface area contributed by atoms with E-state index < -0.39 is 12.0 Å². The number of aliphatic carboxylic acids is 1. The normalized spacial score (nSPS) is 20.6. The number of thioether (sulfide) groups is 1. The number of hydrogen-bond acceptors (Lipinski definition) is 4. The molecule has 0 bridgehead atoms. The van der Waals surface area contributed by atoms with Crippen molar-refractivity contribution in [1.82, 2.24) is 4.90 Å². The zero-order valence-electron chi connectivity index (χ0n) is 12.0. The minimum Gasteiger partial charge on any atom is -0.480 e. The Morgan fingerprint density at radius 1 is 1.41 bits per heavy atom. The Hall–Kier alpha value is -1.97. The SMILES string of the molecule is C#CCCOCC(=O)N1[C@@H](c2ccccc2)SC[C@H]1C(=O)O. The van der Waals surface area contributed by atoms with Crippen molar-refractivity contribution in [1.29, 1.82) is 0 Å². The van der Waals surface area contributed by atoms with Gasteiger partial charge in [0.1, 0.15) is 18.0 Å². The predicted molar refractivity (Wildman–Crippen MR) is 84.2 cm³/mol. The topological polar surface area (TPSA) is 66.8 Å². The second-order valence-electron chi connectivity index (χ2n) is 4.76. The summed E-state index contributed by atoms with van der Waals surface area (Å²) in [6.07, 6.45) is 5.54. The summed E-state index contributed by atoms with van der Waals surface area (Å²) in [6.45, 7) is 0.131. The van der Waals surface area contributed by atoms with Gasteiger partial charge < -0.3 is 14.7 Å². The molecule has 6 heteroatoms. The Balaban J connectivity index is 2.11. The number of hydrogen-bond donors (Lipinski definition) is 1. The first-order valence-corrected chi connectivity index (χ1v) is 7.91. The van der Waals surface area contributed by atoms with Crippen LogP contribution in [0.5, 0.6) is 0 Å². The van der Waals surface area contributed by atoms with Crippen molar-refractivity contribution in [3.63, 3.8) is 0 Å². The molecule has 5 nitrogen and oxygen atoms in total. The average Bonchev–Trinajstić information content (AvgIpc) is 2.97. The van der Waals surface area contributed by atoms with E-state index in [0.717, 1.165) is 5.56 Å². The Labute approximate surface area is 133 Å². The number of amides is 1. The molecule has 0 unspecified atom stereocenters. The summed E-state index contributed by atoms with van der Waals surface area (Å²) in [5.41, 5.74) is 0.910. The summed E-state index contributed by atoms with van der Waals surface area (Å²) in [5.74, 6) is 1.46. The van der Waals surface area contributed by atoms with Crippen molar-refractivity contribution in [3.05, 3.63) is 35.9 Å². The van der Waals surface area contributed by atoms with Gasteiger partial charge in [-0.3, -0.25) is 4.79 Å². The van der Waals surface area contributed by atoms with Gasteiger partial charge in [-0.25, -0.2) is 4.79 Å². The van der Waals surface area contributed by atoms with Gasteiger partial charge in [-0.15, -0.1) is 24.1 Å². The molecule has 0 aromatic heterocycles. The highest BCUT2D eigenvalue weighted by atomic mass is 32.2. The Bertz CT molecular complexity index is 569. The molecule has 1 aromatic rings. The molecule has 1 amide bonds. The van der Waals surface area contributed by atoms with Crippen LogP contribution in [0.4, 0.5) is 0 Å². The molecular formula is C16H17NO4S. The van der Waals surface area contributed by atoms with Gasteiger partial charge in [0, 0.05) is 12.2 Å². The summed E-state index contributed by atoms with van der Waals surface area (Å²) in [6, 6.07) is 8.57. The molecule has 116 valence electrons. The maximum atomic E-state index is 12.4. The molecule has 1 saturated heterocycles. The van der Waals surface area contributed by atoms with E-state index in [1.165, 1.54) is 16.7 Å². The minimum atomic E-state index is -0.997. The molecule has 1 aromatic carbocycles. The van der Waals surface area contributed by atoms with Crippen molar-refractivity contribution in [2.75, 3.05) is 19.0 Å². The van der Waals surface area contributed by atoms with Crippen molar-refractivity contribution in [2.45, 2.75) is 17.8 Å². The number of benzene rings is 1. The van der Waals surface area contributed by atoms with E-state index in [1.807, 2.05) is 30.3 Å². The summed E-state index contributed by atoms with van der Waals surface area (Å²) in [7, 11) is 0. The average molecular weight is 319 g/mol. The number of nitrogens with zero attached hydrogens (tertiary/aromatic N) is 1. The number of carbonyl (C=O) groups is 2. The molecule has 22 heavy (non-hydrogen) atoms. The summed E-state index contributed by atoms with van der Waals surface area (Å²) >= 11 is 1.45. The molecule has 1 aliphatic heterocycles. The highest BCUT2D eigenvalue weighted by Gasteiger charge is 2.42. The van der Waals surface area contributed by atoms with Crippen LogP contribution in [-0.2, 0) is 14.3 Å². The van der Waals surface area contributed by atoms with E-state index in [4.69, 9.17) is 11.2 Å². The van der Waals surface area contributed by atoms with E-state index in [1.54, 1.807) is 0 Å². The molecule has 2 atom stereocenters. The molecule has 2 rings (SSSR count). The molecule has 1 aliphatic rings. The number of ether oxygens (including phenoxy) is 1. The number of carboxylic acids is 1. The maximum Gasteiger partial charge on any atom is 0.327 e. The predicted octanol–water partition coefficient (Wildman–Crippen LogP) is 1.75. The van der Waals surface area contributed by atoms with Crippen LogP contribution in [0.15, 0.2) is 30.3 Å². The van der Waals surface area contributed by atoms with Gasteiger partial charge in [-0.1, -0.05) is 30.3 Å². The first-order valence-electron chi connectivity index (χ1n) is 6.87. The van der Waals surface area contributed by atoms with Crippen LogP contribution in [0, 0.1) is 12.3 Å². The number of rotatable bonds is 6. The van der Waals surface area contributed by atoms with Crippen LogP contribution in [0.2, 0.25) is 0 Å². The summed E-state index contributed by atoms with van der Waals surface area (Å²) < 4.78 is 5.22. The monoisotopic (exact) mass is 319 g/mol.